The number of benzene rings is 1. The fourth-order valence-corrected chi connectivity index (χ4v) is 9.86. The molecular weight excluding hydrogens is 726 g/mol. The highest BCUT2D eigenvalue weighted by Crippen LogP contribution is 2.61. The first kappa shape index (κ1) is 41.7. The van der Waals surface area contributed by atoms with Gasteiger partial charge in [0.1, 0.15) is 17.7 Å². The molecule has 3 saturated heterocycles. The second-order valence-electron chi connectivity index (χ2n) is 16.6. The van der Waals surface area contributed by atoms with E-state index in [0.717, 1.165) is 5.56 Å². The third-order valence-corrected chi connectivity index (χ3v) is 11.8. The van der Waals surface area contributed by atoms with Crippen LogP contribution in [0.1, 0.15) is 98.2 Å². The number of fused-ring (bicyclic) bond motifs is 1. The summed E-state index contributed by atoms with van der Waals surface area (Å²) in [5, 5.41) is 9.45. The van der Waals surface area contributed by atoms with Gasteiger partial charge in [-0.05, 0) is 70.3 Å². The van der Waals surface area contributed by atoms with Crippen molar-refractivity contribution in [2.75, 3.05) is 26.7 Å². The van der Waals surface area contributed by atoms with Gasteiger partial charge in [0.05, 0.1) is 24.0 Å². The molecule has 11 heteroatoms. The van der Waals surface area contributed by atoms with Crippen molar-refractivity contribution in [2.24, 2.45) is 17.3 Å². The first-order chi connectivity index (χ1) is 24.5. The molecule has 3 aliphatic rings. The lowest BCUT2D eigenvalue weighted by Crippen LogP contribution is -2.61. The SMILES string of the molecule is C=CCCC(=O)N(C)[C@H](C)[C@H](OC(=O)[C@H]1[C@@H]2O[C@@]3(CC2Br)[C@@H]1C(=O)N(CCCCCO)[C@@H]3C(=O)N(CC=C)C(C)(C)CC(C)(C)C)c1ccccc1. The maximum atomic E-state index is 15.1. The Morgan fingerprint density at radius 1 is 1.12 bits per heavy atom. The number of nitrogens with zero attached hydrogens (tertiary/aromatic N) is 3. The van der Waals surface area contributed by atoms with Crippen molar-refractivity contribution in [3.63, 3.8) is 0 Å². The van der Waals surface area contributed by atoms with E-state index < -0.39 is 53.2 Å². The van der Waals surface area contributed by atoms with E-state index in [9.17, 15) is 19.5 Å². The Balaban J connectivity index is 1.74. The van der Waals surface area contributed by atoms with Crippen LogP contribution in [0.4, 0.5) is 0 Å². The number of hydrogen-bond acceptors (Lipinski definition) is 7. The summed E-state index contributed by atoms with van der Waals surface area (Å²) in [6.07, 6.45) is 5.63. The summed E-state index contributed by atoms with van der Waals surface area (Å²) in [6, 6.07) is 7.82. The summed E-state index contributed by atoms with van der Waals surface area (Å²) in [5.74, 6) is -3.11. The van der Waals surface area contributed by atoms with Crippen molar-refractivity contribution in [1.29, 1.82) is 0 Å². The molecule has 10 nitrogen and oxygen atoms in total. The lowest BCUT2D eigenvalue weighted by Gasteiger charge is -2.45. The van der Waals surface area contributed by atoms with Gasteiger partial charge in [0.25, 0.3) is 0 Å². The predicted molar refractivity (Wildman–Crippen MR) is 205 cm³/mol. The Morgan fingerprint density at radius 2 is 1.79 bits per heavy atom. The Hall–Kier alpha value is -3.02. The van der Waals surface area contributed by atoms with Gasteiger partial charge in [-0.3, -0.25) is 19.2 Å². The van der Waals surface area contributed by atoms with Crippen LogP contribution in [-0.4, -0.2) is 104 Å². The van der Waals surface area contributed by atoms with Crippen molar-refractivity contribution in [3.8, 4) is 0 Å². The Bertz CT molecular complexity index is 1460. The highest BCUT2D eigenvalue weighted by atomic mass is 79.9. The number of hydrogen-bond donors (Lipinski definition) is 1. The van der Waals surface area contributed by atoms with E-state index in [2.05, 4.69) is 49.9 Å². The summed E-state index contributed by atoms with van der Waals surface area (Å²) in [4.78, 5) is 62.2. The Morgan fingerprint density at radius 3 is 2.38 bits per heavy atom. The number of carbonyl (C=O) groups is 4. The number of aliphatic hydroxyl groups excluding tert-OH is 1. The van der Waals surface area contributed by atoms with Gasteiger partial charge < -0.3 is 29.3 Å². The number of halogens is 1. The largest absolute Gasteiger partial charge is 0.455 e. The van der Waals surface area contributed by atoms with Crippen LogP contribution in [0.5, 0.6) is 0 Å². The number of aliphatic hydroxyl groups is 1. The summed E-state index contributed by atoms with van der Waals surface area (Å²) >= 11 is 3.79. The van der Waals surface area contributed by atoms with Crippen LogP contribution in [0, 0.1) is 17.3 Å². The second kappa shape index (κ2) is 17.0. The van der Waals surface area contributed by atoms with Gasteiger partial charge in [0.2, 0.25) is 17.7 Å². The van der Waals surface area contributed by atoms with Crippen molar-refractivity contribution >= 4 is 39.6 Å². The molecule has 1 aromatic rings. The fraction of sp³-hybridized carbons (Fsp3) is 0.659. The number of likely N-dealkylation sites (N-methyl/N-ethyl adjacent to an activating group) is 1. The molecule has 288 valence electrons. The van der Waals surface area contributed by atoms with Gasteiger partial charge in [0, 0.05) is 43.5 Å². The summed E-state index contributed by atoms with van der Waals surface area (Å²) < 4.78 is 13.2. The highest BCUT2D eigenvalue weighted by molar-refractivity contribution is 9.09. The van der Waals surface area contributed by atoms with Gasteiger partial charge >= 0.3 is 5.97 Å². The molecule has 8 atom stereocenters. The van der Waals surface area contributed by atoms with Crippen molar-refractivity contribution in [1.82, 2.24) is 14.7 Å². The van der Waals surface area contributed by atoms with Crippen LogP contribution >= 0.6 is 15.9 Å². The quantitative estimate of drug-likeness (QED) is 0.0813. The van der Waals surface area contributed by atoms with E-state index in [4.69, 9.17) is 9.47 Å². The Labute approximate surface area is 319 Å². The average molecular weight is 787 g/mol. The molecule has 52 heavy (non-hydrogen) atoms. The van der Waals surface area contributed by atoms with Crippen molar-refractivity contribution in [3.05, 3.63) is 61.2 Å². The molecule has 0 aromatic heterocycles. The first-order valence-electron chi connectivity index (χ1n) is 18.7. The average Bonchev–Trinajstić information content (AvgIpc) is 3.68. The number of likely N-dealkylation sites (tertiary alicyclic amines) is 1. The summed E-state index contributed by atoms with van der Waals surface area (Å²) in [7, 11) is 1.70. The van der Waals surface area contributed by atoms with E-state index in [1.807, 2.05) is 56.0 Å². The zero-order valence-corrected chi connectivity index (χ0v) is 33.8. The zero-order valence-electron chi connectivity index (χ0n) is 32.2. The van der Waals surface area contributed by atoms with Gasteiger partial charge in [-0.2, -0.15) is 0 Å². The molecule has 3 heterocycles. The molecule has 1 spiro atoms. The molecule has 3 amide bonds. The van der Waals surface area contributed by atoms with Crippen LogP contribution in [0.25, 0.3) is 0 Å². The normalized spacial score (nSPS) is 26.4. The molecule has 0 radical (unpaired) electrons. The molecule has 4 rings (SSSR count). The monoisotopic (exact) mass is 785 g/mol. The van der Waals surface area contributed by atoms with Gasteiger partial charge in [-0.1, -0.05) is 79.2 Å². The van der Waals surface area contributed by atoms with Gasteiger partial charge in [0.15, 0.2) is 0 Å². The zero-order chi connectivity index (χ0) is 38.6. The predicted octanol–water partition coefficient (Wildman–Crippen LogP) is 6.22. The number of esters is 1. The van der Waals surface area contributed by atoms with E-state index in [1.165, 1.54) is 0 Å². The van der Waals surface area contributed by atoms with E-state index in [1.54, 1.807) is 29.0 Å². The number of amides is 3. The molecule has 1 unspecified atom stereocenters. The third kappa shape index (κ3) is 8.52. The van der Waals surface area contributed by atoms with Crippen LogP contribution in [0.15, 0.2) is 55.6 Å². The topological polar surface area (TPSA) is 117 Å². The minimum atomic E-state index is -1.25. The molecule has 2 bridgehead atoms. The van der Waals surface area contributed by atoms with E-state index >= 15 is 4.79 Å². The molecule has 0 saturated carbocycles. The summed E-state index contributed by atoms with van der Waals surface area (Å²) in [6.45, 7) is 20.6. The number of rotatable bonds is 18. The lowest BCUT2D eigenvalue weighted by molar-refractivity contribution is -0.164. The highest BCUT2D eigenvalue weighted by Gasteiger charge is 2.77. The lowest BCUT2D eigenvalue weighted by atomic mass is 9.70. The Kier molecular flexibility index (Phi) is 13.6. The van der Waals surface area contributed by atoms with Crippen LogP contribution in [-0.2, 0) is 28.7 Å². The number of allylic oxidation sites excluding steroid dienone is 1. The van der Waals surface area contributed by atoms with E-state index in [-0.39, 0.29) is 47.5 Å². The maximum absolute atomic E-state index is 15.1. The molecular formula is C41H60BrN3O7. The van der Waals surface area contributed by atoms with E-state index in [0.29, 0.717) is 45.1 Å². The van der Waals surface area contributed by atoms with Crippen LogP contribution < -0.4 is 0 Å². The van der Waals surface area contributed by atoms with Gasteiger partial charge in [-0.25, -0.2) is 0 Å². The molecule has 0 aliphatic carbocycles. The third-order valence-electron chi connectivity index (χ3n) is 11.0. The molecule has 1 aromatic carbocycles. The van der Waals surface area contributed by atoms with Crippen molar-refractivity contribution < 1.29 is 33.8 Å². The maximum Gasteiger partial charge on any atom is 0.313 e. The molecule has 3 fully saturated rings. The van der Waals surface area contributed by atoms with Crippen LogP contribution in [0.2, 0.25) is 0 Å². The van der Waals surface area contributed by atoms with Crippen LogP contribution in [0.3, 0.4) is 0 Å². The first-order valence-corrected chi connectivity index (χ1v) is 19.6. The second-order valence-corrected chi connectivity index (χ2v) is 17.8. The number of ether oxygens (including phenoxy) is 2. The summed E-state index contributed by atoms with van der Waals surface area (Å²) in [5.41, 5.74) is -1.20. The van der Waals surface area contributed by atoms with Gasteiger partial charge in [-0.15, -0.1) is 13.2 Å². The number of carbonyl (C=O) groups excluding carboxylic acids is 4. The number of unbranched alkanes of at least 4 members (excludes halogenated alkanes) is 2. The fourth-order valence-electron chi connectivity index (χ4n) is 8.92. The smallest absolute Gasteiger partial charge is 0.313 e. The minimum Gasteiger partial charge on any atom is -0.455 e. The molecule has 1 N–H and O–H groups in total. The number of alkyl halides is 1. The van der Waals surface area contributed by atoms with Crippen molar-refractivity contribution in [2.45, 2.75) is 127 Å². The minimum absolute atomic E-state index is 0.0387. The standard InChI is InChI=1S/C41H60BrN3O7/c1-10-12-21-30(47)43(9)27(3)33(28-19-15-13-16-20-28)51-38(50)31-32-36(48)44(23-17-14-18-24-46)35(41(32)25-29(42)34(31)52-41)37(49)45(22-11-2)40(7,8)26-39(4,5)6/h10-11,13,15-16,19-20,27,29,31-35,46H,1-2,12,14,17-18,21-26H2,3-9H3/t27-,29?,31-,32+,33+,34-,35-,41+/m1/s1. The molecule has 3 aliphatic heterocycles.